The number of carbonyl (C=O) groups is 1. The number of pyridine rings is 1. The molecule has 6 heteroatoms. The Bertz CT molecular complexity index is 689. The summed E-state index contributed by atoms with van der Waals surface area (Å²) in [5.74, 6) is 0.202. The van der Waals surface area contributed by atoms with Gasteiger partial charge in [0.1, 0.15) is 5.52 Å². The van der Waals surface area contributed by atoms with Gasteiger partial charge in [-0.15, -0.1) is 0 Å². The molecule has 1 amide bonds. The van der Waals surface area contributed by atoms with Crippen LogP contribution in [-0.4, -0.2) is 40.0 Å². The van der Waals surface area contributed by atoms with Crippen molar-refractivity contribution in [3.8, 4) is 0 Å². The van der Waals surface area contributed by atoms with Crippen LogP contribution in [0, 0.1) is 5.92 Å². The quantitative estimate of drug-likeness (QED) is 0.936. The molecule has 2 atom stereocenters. The standard InChI is InChI=1S/C17H23N5O/c1-3-12(2)21-17(23)13-5-4-8-22(11-13)14-9-15-16(20-10-14)19-7-6-18-15/h6-7,9-10,12-13H,3-5,8,11H2,1-2H3,(H,21,23)/t12-,13-/m0/s1. The largest absolute Gasteiger partial charge is 0.369 e. The van der Waals surface area contributed by atoms with E-state index in [0.29, 0.717) is 5.65 Å². The first-order valence-corrected chi connectivity index (χ1v) is 8.29. The summed E-state index contributed by atoms with van der Waals surface area (Å²) >= 11 is 0. The highest BCUT2D eigenvalue weighted by Crippen LogP contribution is 2.24. The number of hydrogen-bond acceptors (Lipinski definition) is 5. The van der Waals surface area contributed by atoms with E-state index in [9.17, 15) is 4.79 Å². The zero-order valence-electron chi connectivity index (χ0n) is 13.7. The number of piperidine rings is 1. The fourth-order valence-corrected chi connectivity index (χ4v) is 2.91. The van der Waals surface area contributed by atoms with E-state index in [4.69, 9.17) is 0 Å². The van der Waals surface area contributed by atoms with Crippen molar-refractivity contribution >= 4 is 22.8 Å². The van der Waals surface area contributed by atoms with Gasteiger partial charge in [-0.05, 0) is 32.3 Å². The van der Waals surface area contributed by atoms with E-state index in [2.05, 4.69) is 32.1 Å². The molecule has 1 saturated heterocycles. The summed E-state index contributed by atoms with van der Waals surface area (Å²) in [5, 5.41) is 3.10. The second kappa shape index (κ2) is 6.89. The molecule has 0 aromatic carbocycles. The fraction of sp³-hybridized carbons (Fsp3) is 0.529. The minimum atomic E-state index is 0.0373. The maximum Gasteiger partial charge on any atom is 0.225 e. The van der Waals surface area contributed by atoms with Crippen LogP contribution in [0.2, 0.25) is 0 Å². The topological polar surface area (TPSA) is 71.0 Å². The summed E-state index contributed by atoms with van der Waals surface area (Å²) in [5.41, 5.74) is 2.45. The lowest BCUT2D eigenvalue weighted by molar-refractivity contribution is -0.125. The summed E-state index contributed by atoms with van der Waals surface area (Å²) in [7, 11) is 0. The number of aromatic nitrogens is 3. The third-order valence-corrected chi connectivity index (χ3v) is 4.47. The first-order valence-electron chi connectivity index (χ1n) is 8.29. The molecule has 6 nitrogen and oxygen atoms in total. The molecule has 0 aliphatic carbocycles. The van der Waals surface area contributed by atoms with Crippen molar-refractivity contribution in [3.63, 3.8) is 0 Å². The number of nitrogens with one attached hydrogen (secondary N) is 1. The molecular weight excluding hydrogens is 290 g/mol. The molecule has 1 aliphatic rings. The van der Waals surface area contributed by atoms with E-state index in [1.54, 1.807) is 12.4 Å². The average Bonchev–Trinajstić information content (AvgIpc) is 2.61. The summed E-state index contributed by atoms with van der Waals surface area (Å²) in [6.07, 6.45) is 8.05. The van der Waals surface area contributed by atoms with Gasteiger partial charge in [0.2, 0.25) is 5.91 Å². The van der Waals surface area contributed by atoms with Crippen LogP contribution in [0.25, 0.3) is 11.2 Å². The number of amides is 1. The normalized spacial score (nSPS) is 19.6. The Kier molecular flexibility index (Phi) is 4.69. The van der Waals surface area contributed by atoms with Crippen LogP contribution in [0.15, 0.2) is 24.7 Å². The first-order chi connectivity index (χ1) is 11.2. The highest BCUT2D eigenvalue weighted by atomic mass is 16.2. The van der Waals surface area contributed by atoms with Crippen molar-refractivity contribution in [1.29, 1.82) is 0 Å². The van der Waals surface area contributed by atoms with Gasteiger partial charge in [0.25, 0.3) is 0 Å². The average molecular weight is 313 g/mol. The van der Waals surface area contributed by atoms with Crippen molar-refractivity contribution in [3.05, 3.63) is 24.7 Å². The fourth-order valence-electron chi connectivity index (χ4n) is 2.91. The third kappa shape index (κ3) is 3.57. The van der Waals surface area contributed by atoms with Gasteiger partial charge in [-0.1, -0.05) is 6.92 Å². The molecule has 0 radical (unpaired) electrons. The number of rotatable bonds is 4. The van der Waals surface area contributed by atoms with Crippen LogP contribution in [0.5, 0.6) is 0 Å². The van der Waals surface area contributed by atoms with Crippen LogP contribution < -0.4 is 10.2 Å². The van der Waals surface area contributed by atoms with Gasteiger partial charge in [-0.2, -0.15) is 0 Å². The first kappa shape index (κ1) is 15.6. The van der Waals surface area contributed by atoms with E-state index in [1.807, 2.05) is 19.2 Å². The number of nitrogens with zero attached hydrogens (tertiary/aromatic N) is 4. The third-order valence-electron chi connectivity index (χ3n) is 4.47. The molecule has 0 bridgehead atoms. The number of hydrogen-bond donors (Lipinski definition) is 1. The van der Waals surface area contributed by atoms with Crippen LogP contribution in [-0.2, 0) is 4.79 Å². The van der Waals surface area contributed by atoms with Crippen LogP contribution in [0.3, 0.4) is 0 Å². The molecule has 0 saturated carbocycles. The van der Waals surface area contributed by atoms with Gasteiger partial charge in [0.05, 0.1) is 17.8 Å². The smallest absolute Gasteiger partial charge is 0.225 e. The van der Waals surface area contributed by atoms with Crippen LogP contribution in [0.4, 0.5) is 5.69 Å². The highest BCUT2D eigenvalue weighted by Gasteiger charge is 2.26. The SMILES string of the molecule is CC[C@H](C)NC(=O)[C@H]1CCCN(c2cnc3nccnc3c2)C1. The molecule has 2 aromatic heterocycles. The van der Waals surface area contributed by atoms with Crippen molar-refractivity contribution < 1.29 is 4.79 Å². The Labute approximate surface area is 136 Å². The van der Waals surface area contributed by atoms with E-state index in [1.165, 1.54) is 0 Å². The summed E-state index contributed by atoms with van der Waals surface area (Å²) < 4.78 is 0. The molecule has 2 aromatic rings. The number of fused-ring (bicyclic) bond motifs is 1. The van der Waals surface area contributed by atoms with Gasteiger partial charge >= 0.3 is 0 Å². The molecule has 23 heavy (non-hydrogen) atoms. The van der Waals surface area contributed by atoms with Crippen molar-refractivity contribution in [2.75, 3.05) is 18.0 Å². The molecular formula is C17H23N5O. The maximum atomic E-state index is 12.4. The van der Waals surface area contributed by atoms with Crippen LogP contribution >= 0.6 is 0 Å². The zero-order chi connectivity index (χ0) is 16.2. The second-order valence-corrected chi connectivity index (χ2v) is 6.20. The minimum absolute atomic E-state index is 0.0373. The lowest BCUT2D eigenvalue weighted by atomic mass is 9.96. The maximum absolute atomic E-state index is 12.4. The Morgan fingerprint density at radius 3 is 3.04 bits per heavy atom. The van der Waals surface area contributed by atoms with Gasteiger partial charge in [0.15, 0.2) is 5.65 Å². The summed E-state index contributed by atoms with van der Waals surface area (Å²) in [6, 6.07) is 2.24. The highest BCUT2D eigenvalue weighted by molar-refractivity contribution is 5.80. The Balaban J connectivity index is 1.73. The van der Waals surface area contributed by atoms with E-state index in [0.717, 1.165) is 43.6 Å². The predicted octanol–water partition coefficient (Wildman–Crippen LogP) is 2.16. The number of anilines is 1. The van der Waals surface area contributed by atoms with Crippen molar-refractivity contribution in [2.45, 2.75) is 39.2 Å². The molecule has 3 rings (SSSR count). The molecule has 0 unspecified atom stereocenters. The van der Waals surface area contributed by atoms with E-state index < -0.39 is 0 Å². The van der Waals surface area contributed by atoms with E-state index >= 15 is 0 Å². The van der Waals surface area contributed by atoms with Crippen LogP contribution in [0.1, 0.15) is 33.1 Å². The summed E-state index contributed by atoms with van der Waals surface area (Å²) in [6.45, 7) is 5.81. The molecule has 1 fully saturated rings. The predicted molar refractivity (Wildman–Crippen MR) is 90.2 cm³/mol. The molecule has 3 heterocycles. The van der Waals surface area contributed by atoms with Gasteiger partial charge in [-0.25, -0.2) is 9.97 Å². The Morgan fingerprint density at radius 1 is 1.39 bits per heavy atom. The monoisotopic (exact) mass is 313 g/mol. The van der Waals surface area contributed by atoms with Gasteiger partial charge < -0.3 is 10.2 Å². The van der Waals surface area contributed by atoms with Crippen molar-refractivity contribution in [2.24, 2.45) is 5.92 Å². The van der Waals surface area contributed by atoms with Crippen molar-refractivity contribution in [1.82, 2.24) is 20.3 Å². The molecule has 0 spiro atoms. The van der Waals surface area contributed by atoms with Gasteiger partial charge in [-0.3, -0.25) is 9.78 Å². The second-order valence-electron chi connectivity index (χ2n) is 6.20. The lowest BCUT2D eigenvalue weighted by Gasteiger charge is -2.34. The molecule has 122 valence electrons. The lowest BCUT2D eigenvalue weighted by Crippen LogP contribution is -2.45. The summed E-state index contributed by atoms with van der Waals surface area (Å²) in [4.78, 5) is 27.5. The Morgan fingerprint density at radius 2 is 2.22 bits per heavy atom. The van der Waals surface area contributed by atoms with Gasteiger partial charge in [0, 0.05) is 31.5 Å². The minimum Gasteiger partial charge on any atom is -0.369 e. The number of carbonyl (C=O) groups excluding carboxylic acids is 1. The Hall–Kier alpha value is -2.24. The van der Waals surface area contributed by atoms with E-state index in [-0.39, 0.29) is 17.9 Å². The molecule has 1 N–H and O–H groups in total. The molecule has 1 aliphatic heterocycles. The zero-order valence-corrected chi connectivity index (χ0v) is 13.7.